The molecule has 0 radical (unpaired) electrons. The Hall–Kier alpha value is -1.30. The Morgan fingerprint density at radius 1 is 1.25 bits per heavy atom. The van der Waals surface area contributed by atoms with Gasteiger partial charge in [0.15, 0.2) is 0 Å². The molecule has 0 fully saturated rings. The third-order valence-corrected chi connectivity index (χ3v) is 3.81. The molecule has 20 heavy (non-hydrogen) atoms. The van der Waals surface area contributed by atoms with Crippen LogP contribution < -0.4 is 11.1 Å². The van der Waals surface area contributed by atoms with E-state index in [9.17, 15) is 9.18 Å². The summed E-state index contributed by atoms with van der Waals surface area (Å²) in [6.07, 6.45) is 0. The van der Waals surface area contributed by atoms with E-state index in [-0.39, 0.29) is 27.0 Å². The lowest BCUT2D eigenvalue weighted by Gasteiger charge is -2.09. The average molecular weight is 378 g/mol. The average Bonchev–Trinajstić information content (AvgIpc) is 2.39. The number of carbonyl (C=O) groups excluding carboxylic acids is 1. The van der Waals surface area contributed by atoms with Gasteiger partial charge in [0.1, 0.15) is 5.82 Å². The molecule has 0 aliphatic rings. The number of hydrogen-bond acceptors (Lipinski definition) is 2. The number of rotatable bonds is 2. The molecule has 0 heterocycles. The van der Waals surface area contributed by atoms with Crippen molar-refractivity contribution in [3.63, 3.8) is 0 Å². The molecule has 2 rings (SSSR count). The van der Waals surface area contributed by atoms with Crippen molar-refractivity contribution in [1.29, 1.82) is 0 Å². The lowest BCUT2D eigenvalue weighted by atomic mass is 10.2. The van der Waals surface area contributed by atoms with Gasteiger partial charge in [0.2, 0.25) is 0 Å². The van der Waals surface area contributed by atoms with Crippen molar-refractivity contribution >= 4 is 56.4 Å². The van der Waals surface area contributed by atoms with E-state index in [0.29, 0.717) is 4.47 Å². The van der Waals surface area contributed by atoms with Crippen molar-refractivity contribution in [3.8, 4) is 0 Å². The first-order valence-electron chi connectivity index (χ1n) is 5.39. The number of benzene rings is 2. The summed E-state index contributed by atoms with van der Waals surface area (Å²) in [5.41, 5.74) is 6.05. The van der Waals surface area contributed by atoms with E-state index >= 15 is 0 Å². The number of amides is 1. The molecule has 0 aromatic heterocycles. The van der Waals surface area contributed by atoms with E-state index in [1.165, 1.54) is 30.3 Å². The molecule has 3 N–H and O–H groups in total. The fraction of sp³-hybridized carbons (Fsp3) is 0. The zero-order chi connectivity index (χ0) is 14.9. The summed E-state index contributed by atoms with van der Waals surface area (Å²) in [6.45, 7) is 0. The normalized spacial score (nSPS) is 10.4. The molecule has 0 aliphatic carbocycles. The minimum absolute atomic E-state index is 0.0500. The second-order valence-corrected chi connectivity index (χ2v) is 5.64. The molecule has 0 aliphatic heterocycles. The molecular weight excluding hydrogens is 370 g/mol. The van der Waals surface area contributed by atoms with Crippen LogP contribution in [0.3, 0.4) is 0 Å². The number of nitrogens with two attached hydrogens (primary N) is 1. The quantitative estimate of drug-likeness (QED) is 0.743. The molecule has 3 nitrogen and oxygen atoms in total. The molecule has 0 atom stereocenters. The maximum absolute atomic E-state index is 13.6. The minimum Gasteiger partial charge on any atom is -0.397 e. The van der Waals surface area contributed by atoms with Gasteiger partial charge in [0, 0.05) is 10.0 Å². The zero-order valence-electron chi connectivity index (χ0n) is 9.88. The largest absolute Gasteiger partial charge is 0.397 e. The van der Waals surface area contributed by atoms with Gasteiger partial charge in [-0.1, -0.05) is 39.1 Å². The van der Waals surface area contributed by atoms with Crippen LogP contribution in [0.2, 0.25) is 10.0 Å². The van der Waals surface area contributed by atoms with Gasteiger partial charge in [-0.15, -0.1) is 0 Å². The van der Waals surface area contributed by atoms with Crippen LogP contribution in [-0.2, 0) is 0 Å². The van der Waals surface area contributed by atoms with E-state index in [0.717, 1.165) is 0 Å². The van der Waals surface area contributed by atoms with Crippen LogP contribution in [0, 0.1) is 5.82 Å². The minimum atomic E-state index is -0.547. The third kappa shape index (κ3) is 3.23. The fourth-order valence-electron chi connectivity index (χ4n) is 1.53. The predicted octanol–water partition coefficient (Wildman–Crippen LogP) is 4.73. The third-order valence-electron chi connectivity index (χ3n) is 2.50. The zero-order valence-corrected chi connectivity index (χ0v) is 13.0. The Morgan fingerprint density at radius 3 is 2.60 bits per heavy atom. The highest BCUT2D eigenvalue weighted by Gasteiger charge is 2.13. The standard InChI is InChI=1S/C13H8BrCl2FN2O/c14-7-1-2-9(17)11(5-7)19-13(20)6-3-8(15)12(16)10(18)4-6/h1-5H,18H2,(H,19,20). The van der Waals surface area contributed by atoms with E-state index in [1.54, 1.807) is 0 Å². The highest BCUT2D eigenvalue weighted by Crippen LogP contribution is 2.30. The molecule has 1 amide bonds. The van der Waals surface area contributed by atoms with Gasteiger partial charge in [-0.3, -0.25) is 4.79 Å². The van der Waals surface area contributed by atoms with E-state index in [1.807, 2.05) is 0 Å². The predicted molar refractivity (Wildman–Crippen MR) is 82.9 cm³/mol. The molecule has 2 aromatic rings. The summed E-state index contributed by atoms with van der Waals surface area (Å²) in [6, 6.07) is 6.96. The van der Waals surface area contributed by atoms with E-state index in [2.05, 4.69) is 21.2 Å². The van der Waals surface area contributed by atoms with Crippen LogP contribution in [0.25, 0.3) is 0 Å². The summed E-state index contributed by atoms with van der Waals surface area (Å²) in [5.74, 6) is -1.08. The molecular formula is C13H8BrCl2FN2O. The van der Waals surface area contributed by atoms with Gasteiger partial charge in [0.25, 0.3) is 5.91 Å². The lowest BCUT2D eigenvalue weighted by Crippen LogP contribution is -2.13. The number of carbonyl (C=O) groups is 1. The van der Waals surface area contributed by atoms with Crippen molar-refractivity contribution in [1.82, 2.24) is 0 Å². The first-order valence-corrected chi connectivity index (χ1v) is 6.94. The van der Waals surface area contributed by atoms with E-state index in [4.69, 9.17) is 28.9 Å². The van der Waals surface area contributed by atoms with Gasteiger partial charge in [-0.05, 0) is 30.3 Å². The van der Waals surface area contributed by atoms with Crippen molar-refractivity contribution < 1.29 is 9.18 Å². The molecule has 2 aromatic carbocycles. The molecule has 7 heteroatoms. The Kier molecular flexibility index (Phi) is 4.52. The summed E-state index contributed by atoms with van der Waals surface area (Å²) in [7, 11) is 0. The van der Waals surface area contributed by atoms with Gasteiger partial charge in [0.05, 0.1) is 21.4 Å². The summed E-state index contributed by atoms with van der Waals surface area (Å²) in [4.78, 5) is 12.0. The number of nitrogens with one attached hydrogen (secondary N) is 1. The maximum Gasteiger partial charge on any atom is 0.255 e. The van der Waals surface area contributed by atoms with Crippen molar-refractivity contribution in [2.24, 2.45) is 0 Å². The number of anilines is 2. The molecule has 0 unspecified atom stereocenters. The van der Waals surface area contributed by atoms with Crippen molar-refractivity contribution in [3.05, 3.63) is 56.2 Å². The van der Waals surface area contributed by atoms with Crippen LogP contribution in [-0.4, -0.2) is 5.91 Å². The van der Waals surface area contributed by atoms with Crippen LogP contribution in [0.15, 0.2) is 34.8 Å². The van der Waals surface area contributed by atoms with Crippen LogP contribution >= 0.6 is 39.1 Å². The maximum atomic E-state index is 13.6. The molecule has 0 spiro atoms. The van der Waals surface area contributed by atoms with Crippen molar-refractivity contribution in [2.45, 2.75) is 0 Å². The second-order valence-electron chi connectivity index (χ2n) is 3.94. The topological polar surface area (TPSA) is 55.1 Å². The number of halogens is 4. The monoisotopic (exact) mass is 376 g/mol. The summed E-state index contributed by atoms with van der Waals surface area (Å²) >= 11 is 14.9. The smallest absolute Gasteiger partial charge is 0.255 e. The Labute approximate surface area is 133 Å². The van der Waals surface area contributed by atoms with E-state index < -0.39 is 11.7 Å². The first kappa shape index (κ1) is 15.1. The molecule has 0 bridgehead atoms. The summed E-state index contributed by atoms with van der Waals surface area (Å²) < 4.78 is 14.2. The summed E-state index contributed by atoms with van der Waals surface area (Å²) in [5, 5.41) is 2.78. The SMILES string of the molecule is Nc1cc(C(=O)Nc2cc(Br)ccc2F)cc(Cl)c1Cl. The van der Waals surface area contributed by atoms with Crippen LogP contribution in [0.4, 0.5) is 15.8 Å². The van der Waals surface area contributed by atoms with Crippen LogP contribution in [0.1, 0.15) is 10.4 Å². The highest BCUT2D eigenvalue weighted by molar-refractivity contribution is 9.10. The number of hydrogen-bond donors (Lipinski definition) is 2. The van der Waals surface area contributed by atoms with Gasteiger partial charge in [-0.2, -0.15) is 0 Å². The van der Waals surface area contributed by atoms with Crippen LogP contribution in [0.5, 0.6) is 0 Å². The second kappa shape index (κ2) is 5.99. The first-order chi connectivity index (χ1) is 9.38. The molecule has 104 valence electrons. The highest BCUT2D eigenvalue weighted by atomic mass is 79.9. The van der Waals surface area contributed by atoms with Crippen molar-refractivity contribution in [2.75, 3.05) is 11.1 Å². The Balaban J connectivity index is 2.31. The molecule has 0 saturated carbocycles. The Bertz CT molecular complexity index is 671. The van der Waals surface area contributed by atoms with Gasteiger partial charge in [-0.25, -0.2) is 4.39 Å². The lowest BCUT2D eigenvalue weighted by molar-refractivity contribution is 0.102. The fourth-order valence-corrected chi connectivity index (χ4v) is 2.23. The molecule has 0 saturated heterocycles. The number of nitrogen functional groups attached to an aromatic ring is 1. The Morgan fingerprint density at radius 2 is 1.95 bits per heavy atom. The van der Waals surface area contributed by atoms with Gasteiger partial charge < -0.3 is 11.1 Å². The van der Waals surface area contributed by atoms with Gasteiger partial charge >= 0.3 is 0 Å².